The van der Waals surface area contributed by atoms with Gasteiger partial charge >= 0.3 is 12.1 Å². The second-order valence-corrected chi connectivity index (χ2v) is 8.04. The summed E-state index contributed by atoms with van der Waals surface area (Å²) >= 11 is 0. The molecule has 2 atom stereocenters. The van der Waals surface area contributed by atoms with E-state index in [-0.39, 0.29) is 46.6 Å². The number of piperidine rings is 1. The molecule has 0 unspecified atom stereocenters. The Balaban J connectivity index is 1.65. The van der Waals surface area contributed by atoms with E-state index < -0.39 is 23.9 Å². The highest BCUT2D eigenvalue weighted by Crippen LogP contribution is 2.44. The van der Waals surface area contributed by atoms with Gasteiger partial charge in [0.05, 0.1) is 17.0 Å². The zero-order chi connectivity index (χ0) is 23.0. The summed E-state index contributed by atoms with van der Waals surface area (Å²) in [6.45, 7) is 2.51. The zero-order valence-electron chi connectivity index (χ0n) is 17.2. The van der Waals surface area contributed by atoms with E-state index in [0.29, 0.717) is 6.54 Å². The quantitative estimate of drug-likeness (QED) is 0.636. The third-order valence-corrected chi connectivity index (χ3v) is 5.92. The van der Waals surface area contributed by atoms with Crippen molar-refractivity contribution in [1.29, 1.82) is 0 Å². The van der Waals surface area contributed by atoms with Crippen LogP contribution in [-0.4, -0.2) is 44.9 Å². The molecule has 0 radical (unpaired) electrons. The summed E-state index contributed by atoms with van der Waals surface area (Å²) in [6, 6.07) is 3.23. The summed E-state index contributed by atoms with van der Waals surface area (Å²) in [5.41, 5.74) is 0.0975. The number of aromatic carboxylic acids is 1. The van der Waals surface area contributed by atoms with E-state index in [9.17, 15) is 22.4 Å². The molecule has 170 valence electrons. The standard InChI is InChI=1S/C22H21F4N3O3/c1-12-4-2-3-9-29(12)18-8-6-13(10-16(18)22(24,25)26)20-27-19(28-32-20)15-7-5-14(21(30)31)11-17(15)23/h5-8,11-12,16H,2-4,9-10H2,1H3,(H,30,31)/t12-,16+/m0/s1. The number of rotatable bonds is 4. The van der Waals surface area contributed by atoms with Gasteiger partial charge < -0.3 is 14.5 Å². The topological polar surface area (TPSA) is 79.5 Å². The minimum absolute atomic E-state index is 0.0292. The Labute approximate surface area is 181 Å². The molecule has 0 spiro atoms. The van der Waals surface area contributed by atoms with Crippen molar-refractivity contribution in [3.63, 3.8) is 0 Å². The van der Waals surface area contributed by atoms with Crippen LogP contribution in [0, 0.1) is 11.7 Å². The fourth-order valence-corrected chi connectivity index (χ4v) is 4.21. The Morgan fingerprint density at radius 2 is 2.03 bits per heavy atom. The highest BCUT2D eigenvalue weighted by Gasteiger charge is 2.46. The van der Waals surface area contributed by atoms with Crippen LogP contribution in [0.25, 0.3) is 17.0 Å². The van der Waals surface area contributed by atoms with Gasteiger partial charge in [-0.3, -0.25) is 0 Å². The van der Waals surface area contributed by atoms with Gasteiger partial charge in [-0.25, -0.2) is 9.18 Å². The van der Waals surface area contributed by atoms with Crippen LogP contribution >= 0.6 is 0 Å². The smallest absolute Gasteiger partial charge is 0.397 e. The molecule has 10 heteroatoms. The van der Waals surface area contributed by atoms with Gasteiger partial charge in [-0.05, 0) is 56.9 Å². The van der Waals surface area contributed by atoms with E-state index in [1.165, 1.54) is 18.2 Å². The van der Waals surface area contributed by atoms with Gasteiger partial charge in [-0.2, -0.15) is 18.2 Å². The molecule has 0 bridgehead atoms. The first-order chi connectivity index (χ1) is 15.1. The van der Waals surface area contributed by atoms with Crippen molar-refractivity contribution < 1.29 is 32.0 Å². The van der Waals surface area contributed by atoms with E-state index in [1.54, 1.807) is 6.08 Å². The zero-order valence-corrected chi connectivity index (χ0v) is 17.2. The molecule has 0 amide bonds. The molecule has 0 saturated carbocycles. The number of carbonyl (C=O) groups is 1. The number of hydrogen-bond acceptors (Lipinski definition) is 5. The molecule has 1 saturated heterocycles. The highest BCUT2D eigenvalue weighted by molar-refractivity contribution is 5.88. The molecule has 1 aromatic carbocycles. The van der Waals surface area contributed by atoms with Gasteiger partial charge in [-0.1, -0.05) is 11.2 Å². The minimum atomic E-state index is -4.45. The van der Waals surface area contributed by atoms with Crippen molar-refractivity contribution in [2.75, 3.05) is 6.54 Å². The lowest BCUT2D eigenvalue weighted by Crippen LogP contribution is -2.42. The van der Waals surface area contributed by atoms with E-state index in [1.807, 2.05) is 11.8 Å². The van der Waals surface area contributed by atoms with Crippen molar-refractivity contribution >= 4 is 11.5 Å². The number of aromatic nitrogens is 2. The average molecular weight is 451 g/mol. The van der Waals surface area contributed by atoms with Gasteiger partial charge in [-0.15, -0.1) is 0 Å². The van der Waals surface area contributed by atoms with Crippen LogP contribution in [-0.2, 0) is 0 Å². The van der Waals surface area contributed by atoms with Crippen LogP contribution in [0.1, 0.15) is 48.9 Å². The van der Waals surface area contributed by atoms with Crippen LogP contribution < -0.4 is 0 Å². The molecule has 1 fully saturated rings. The fourth-order valence-electron chi connectivity index (χ4n) is 4.21. The van der Waals surface area contributed by atoms with E-state index >= 15 is 0 Å². The normalized spacial score (nSPS) is 21.8. The maximum Gasteiger partial charge on any atom is 0.397 e. The van der Waals surface area contributed by atoms with Crippen LogP contribution in [0.5, 0.6) is 0 Å². The largest absolute Gasteiger partial charge is 0.478 e. The van der Waals surface area contributed by atoms with E-state index in [2.05, 4.69) is 10.1 Å². The lowest BCUT2D eigenvalue weighted by molar-refractivity contribution is -0.168. The number of carboxylic acids is 1. The summed E-state index contributed by atoms with van der Waals surface area (Å²) < 4.78 is 61.2. The number of benzene rings is 1. The predicted molar refractivity (Wildman–Crippen MR) is 107 cm³/mol. The van der Waals surface area contributed by atoms with Crippen LogP contribution in [0.4, 0.5) is 17.6 Å². The lowest BCUT2D eigenvalue weighted by atomic mass is 9.87. The predicted octanol–water partition coefficient (Wildman–Crippen LogP) is 5.30. The molecule has 1 N–H and O–H groups in total. The van der Waals surface area contributed by atoms with Gasteiger partial charge in [0.1, 0.15) is 5.82 Å². The Kier molecular flexibility index (Phi) is 5.79. The molecule has 6 nitrogen and oxygen atoms in total. The molecule has 2 aliphatic rings. The fraction of sp³-hybridized carbons (Fsp3) is 0.409. The number of nitrogens with zero attached hydrogens (tertiary/aromatic N) is 3. The molecule has 1 aliphatic heterocycles. The summed E-state index contributed by atoms with van der Waals surface area (Å²) in [6.07, 6.45) is 0.882. The third kappa shape index (κ3) is 4.26. The first-order valence-corrected chi connectivity index (χ1v) is 10.3. The van der Waals surface area contributed by atoms with E-state index in [4.69, 9.17) is 9.63 Å². The second kappa shape index (κ2) is 8.40. The highest BCUT2D eigenvalue weighted by atomic mass is 19.4. The maximum absolute atomic E-state index is 14.3. The molecular weight excluding hydrogens is 430 g/mol. The van der Waals surface area contributed by atoms with Crippen molar-refractivity contribution in [3.05, 3.63) is 53.3 Å². The molecule has 4 rings (SSSR count). The first kappa shape index (κ1) is 22.0. The maximum atomic E-state index is 14.3. The van der Waals surface area contributed by atoms with Crippen LogP contribution in [0.2, 0.25) is 0 Å². The van der Waals surface area contributed by atoms with Crippen molar-refractivity contribution in [3.8, 4) is 11.4 Å². The second-order valence-electron chi connectivity index (χ2n) is 8.04. The first-order valence-electron chi connectivity index (χ1n) is 10.3. The minimum Gasteiger partial charge on any atom is -0.478 e. The number of halogens is 4. The summed E-state index contributed by atoms with van der Waals surface area (Å²) in [7, 11) is 0. The van der Waals surface area contributed by atoms with Crippen molar-refractivity contribution in [2.24, 2.45) is 5.92 Å². The Morgan fingerprint density at radius 3 is 2.69 bits per heavy atom. The molecule has 1 aromatic heterocycles. The molecule has 2 aromatic rings. The number of allylic oxidation sites excluding steroid dienone is 4. The molecule has 32 heavy (non-hydrogen) atoms. The Morgan fingerprint density at radius 1 is 1.25 bits per heavy atom. The molecular formula is C22H21F4N3O3. The van der Waals surface area contributed by atoms with E-state index in [0.717, 1.165) is 25.3 Å². The van der Waals surface area contributed by atoms with Gasteiger partial charge in [0, 0.05) is 23.9 Å². The third-order valence-electron chi connectivity index (χ3n) is 5.92. The molecule has 2 heterocycles. The SMILES string of the molecule is C[C@H]1CCCCN1C1=CC=C(c2nc(-c3ccc(C(=O)O)cc3F)no2)C[C@H]1C(F)(F)F. The molecule has 1 aliphatic carbocycles. The number of alkyl halides is 3. The van der Waals surface area contributed by atoms with Crippen LogP contribution in [0.15, 0.2) is 40.6 Å². The lowest BCUT2D eigenvalue weighted by Gasteiger charge is -2.41. The number of likely N-dealkylation sites (tertiary alicyclic amines) is 1. The Hall–Kier alpha value is -3.17. The van der Waals surface area contributed by atoms with Gasteiger partial charge in [0.2, 0.25) is 5.82 Å². The summed E-state index contributed by atoms with van der Waals surface area (Å²) in [5, 5.41) is 12.6. The monoisotopic (exact) mass is 451 g/mol. The van der Waals surface area contributed by atoms with Crippen molar-refractivity contribution in [1.82, 2.24) is 15.0 Å². The number of carboxylic acid groups (broad SMARTS) is 1. The average Bonchev–Trinajstić information content (AvgIpc) is 3.23. The van der Waals surface area contributed by atoms with Crippen LogP contribution in [0.3, 0.4) is 0 Å². The summed E-state index contributed by atoms with van der Waals surface area (Å²) in [4.78, 5) is 16.9. The Bertz CT molecular complexity index is 1090. The summed E-state index contributed by atoms with van der Waals surface area (Å²) in [5.74, 6) is -4.16. The van der Waals surface area contributed by atoms with Gasteiger partial charge in [0.15, 0.2) is 0 Å². The van der Waals surface area contributed by atoms with Gasteiger partial charge in [0.25, 0.3) is 5.89 Å². The van der Waals surface area contributed by atoms with Crippen molar-refractivity contribution in [2.45, 2.75) is 44.8 Å². The number of hydrogen-bond donors (Lipinski definition) is 1.